The molecule has 1 saturated heterocycles. The van der Waals surface area contributed by atoms with Crippen LogP contribution in [0.25, 0.3) is 0 Å². The highest BCUT2D eigenvalue weighted by molar-refractivity contribution is 5.78. The fraction of sp³-hybridized carbons (Fsp3) is 0.900. The van der Waals surface area contributed by atoms with Gasteiger partial charge in [0.25, 0.3) is 0 Å². The molecule has 0 radical (unpaired) electrons. The molecule has 1 fully saturated rings. The average Bonchev–Trinajstić information content (AvgIpc) is 2.25. The number of hydrogen-bond donors (Lipinski definition) is 3. The van der Waals surface area contributed by atoms with Crippen LogP contribution in [0, 0.1) is 0 Å². The lowest BCUT2D eigenvalue weighted by Gasteiger charge is -2.32. The molecule has 1 aliphatic heterocycles. The van der Waals surface area contributed by atoms with E-state index in [9.17, 15) is 9.90 Å². The maximum atomic E-state index is 11.3. The van der Waals surface area contributed by atoms with E-state index in [2.05, 4.69) is 10.6 Å². The van der Waals surface area contributed by atoms with Crippen molar-refractivity contribution in [1.29, 1.82) is 0 Å². The second kappa shape index (κ2) is 6.05. The lowest BCUT2D eigenvalue weighted by Crippen LogP contribution is -2.48. The molecule has 1 rings (SSSR count). The van der Waals surface area contributed by atoms with E-state index in [4.69, 9.17) is 4.74 Å². The molecule has 88 valence electrons. The molecule has 1 heterocycles. The second-order valence-corrected chi connectivity index (χ2v) is 3.89. The first-order valence-electron chi connectivity index (χ1n) is 5.44. The zero-order valence-electron chi connectivity index (χ0n) is 9.21. The SMILES string of the molecule is CCNCC(=O)NCC1(O)CCOCC1. The van der Waals surface area contributed by atoms with Gasteiger partial charge >= 0.3 is 0 Å². The van der Waals surface area contributed by atoms with Crippen LogP contribution in [0.4, 0.5) is 0 Å². The van der Waals surface area contributed by atoms with Gasteiger partial charge in [0.2, 0.25) is 5.91 Å². The fourth-order valence-electron chi connectivity index (χ4n) is 1.49. The zero-order chi connectivity index (χ0) is 11.1. The van der Waals surface area contributed by atoms with Gasteiger partial charge in [-0.05, 0) is 6.54 Å². The Balaban J connectivity index is 2.19. The fourth-order valence-corrected chi connectivity index (χ4v) is 1.49. The van der Waals surface area contributed by atoms with Crippen LogP contribution in [-0.2, 0) is 9.53 Å². The van der Waals surface area contributed by atoms with Crippen LogP contribution in [0.2, 0.25) is 0 Å². The van der Waals surface area contributed by atoms with Gasteiger partial charge in [-0.25, -0.2) is 0 Å². The van der Waals surface area contributed by atoms with Crippen LogP contribution in [0.1, 0.15) is 19.8 Å². The molecule has 0 aliphatic carbocycles. The number of nitrogens with one attached hydrogen (secondary N) is 2. The number of likely N-dealkylation sites (N-methyl/N-ethyl adjacent to an activating group) is 1. The van der Waals surface area contributed by atoms with Crippen LogP contribution >= 0.6 is 0 Å². The van der Waals surface area contributed by atoms with Gasteiger partial charge < -0.3 is 20.5 Å². The van der Waals surface area contributed by atoms with Crippen molar-refractivity contribution in [2.45, 2.75) is 25.4 Å². The molecular formula is C10H20N2O3. The number of rotatable bonds is 5. The summed E-state index contributed by atoms with van der Waals surface area (Å²) in [5.74, 6) is -0.0724. The second-order valence-electron chi connectivity index (χ2n) is 3.89. The number of carbonyl (C=O) groups excluding carboxylic acids is 1. The monoisotopic (exact) mass is 216 g/mol. The predicted molar refractivity (Wildman–Crippen MR) is 56.6 cm³/mol. The highest BCUT2D eigenvalue weighted by atomic mass is 16.5. The van der Waals surface area contributed by atoms with Crippen molar-refractivity contribution in [3.05, 3.63) is 0 Å². The summed E-state index contributed by atoms with van der Waals surface area (Å²) in [5.41, 5.74) is -0.778. The Morgan fingerprint density at radius 2 is 2.13 bits per heavy atom. The summed E-state index contributed by atoms with van der Waals surface area (Å²) >= 11 is 0. The molecule has 15 heavy (non-hydrogen) atoms. The van der Waals surface area contributed by atoms with Crippen LogP contribution in [0.15, 0.2) is 0 Å². The summed E-state index contributed by atoms with van der Waals surface area (Å²) in [4.78, 5) is 11.3. The highest BCUT2D eigenvalue weighted by Crippen LogP contribution is 2.18. The first-order chi connectivity index (χ1) is 7.16. The molecule has 0 atom stereocenters. The number of amides is 1. The van der Waals surface area contributed by atoms with E-state index in [-0.39, 0.29) is 5.91 Å². The van der Waals surface area contributed by atoms with Gasteiger partial charge in [-0.3, -0.25) is 4.79 Å². The van der Waals surface area contributed by atoms with Crippen LogP contribution in [0.5, 0.6) is 0 Å². The molecule has 0 spiro atoms. The van der Waals surface area contributed by atoms with Gasteiger partial charge in [0.1, 0.15) is 0 Å². The number of ether oxygens (including phenoxy) is 1. The Labute approximate surface area is 90.2 Å². The molecule has 0 saturated carbocycles. The predicted octanol–water partition coefficient (Wildman–Crippen LogP) is -0.746. The molecule has 5 heteroatoms. The van der Waals surface area contributed by atoms with Crippen molar-refractivity contribution >= 4 is 5.91 Å². The van der Waals surface area contributed by atoms with Crippen LogP contribution < -0.4 is 10.6 Å². The average molecular weight is 216 g/mol. The summed E-state index contributed by atoms with van der Waals surface area (Å²) in [5, 5.41) is 15.7. The molecule has 0 aromatic heterocycles. The van der Waals surface area contributed by atoms with E-state index in [1.807, 2.05) is 6.92 Å². The number of aliphatic hydroxyl groups is 1. The Kier molecular flexibility index (Phi) is 5.01. The van der Waals surface area contributed by atoms with Gasteiger partial charge in [-0.2, -0.15) is 0 Å². The third kappa shape index (κ3) is 4.59. The molecule has 0 unspecified atom stereocenters. The molecule has 0 aromatic carbocycles. The normalized spacial score (nSPS) is 19.9. The Morgan fingerprint density at radius 3 is 2.73 bits per heavy atom. The van der Waals surface area contributed by atoms with Crippen molar-refractivity contribution in [2.75, 3.05) is 32.8 Å². The number of hydrogen-bond acceptors (Lipinski definition) is 4. The molecule has 1 amide bonds. The smallest absolute Gasteiger partial charge is 0.234 e. The summed E-state index contributed by atoms with van der Waals surface area (Å²) < 4.78 is 5.15. The minimum atomic E-state index is -0.778. The topological polar surface area (TPSA) is 70.6 Å². The Bertz CT molecular complexity index is 203. The van der Waals surface area contributed by atoms with E-state index >= 15 is 0 Å². The Hall–Kier alpha value is -0.650. The Morgan fingerprint density at radius 1 is 1.47 bits per heavy atom. The minimum absolute atomic E-state index is 0.0724. The molecular weight excluding hydrogens is 196 g/mol. The first kappa shape index (κ1) is 12.4. The van der Waals surface area contributed by atoms with E-state index in [0.717, 1.165) is 6.54 Å². The van der Waals surface area contributed by atoms with Gasteiger partial charge in [-0.15, -0.1) is 0 Å². The summed E-state index contributed by atoms with van der Waals surface area (Å²) in [6.45, 7) is 4.48. The lowest BCUT2D eigenvalue weighted by molar-refractivity contribution is -0.123. The molecule has 0 aromatic rings. The van der Waals surface area contributed by atoms with Gasteiger partial charge in [0.15, 0.2) is 0 Å². The van der Waals surface area contributed by atoms with E-state index in [1.54, 1.807) is 0 Å². The largest absolute Gasteiger partial charge is 0.388 e. The van der Waals surface area contributed by atoms with Gasteiger partial charge in [0.05, 0.1) is 12.1 Å². The summed E-state index contributed by atoms with van der Waals surface area (Å²) in [7, 11) is 0. The zero-order valence-corrected chi connectivity index (χ0v) is 9.21. The third-order valence-electron chi connectivity index (χ3n) is 2.57. The summed E-state index contributed by atoms with van der Waals surface area (Å²) in [6, 6.07) is 0. The standard InChI is InChI=1S/C10H20N2O3/c1-2-11-7-9(13)12-8-10(14)3-5-15-6-4-10/h11,14H,2-8H2,1H3,(H,12,13). The van der Waals surface area contributed by atoms with Crippen molar-refractivity contribution in [2.24, 2.45) is 0 Å². The third-order valence-corrected chi connectivity index (χ3v) is 2.57. The lowest BCUT2D eigenvalue weighted by atomic mass is 9.94. The van der Waals surface area contributed by atoms with Crippen molar-refractivity contribution < 1.29 is 14.6 Å². The van der Waals surface area contributed by atoms with Crippen LogP contribution in [-0.4, -0.2) is 49.5 Å². The van der Waals surface area contributed by atoms with E-state index in [0.29, 0.717) is 39.1 Å². The quantitative estimate of drug-likeness (QED) is 0.566. The van der Waals surface area contributed by atoms with Gasteiger partial charge in [0, 0.05) is 32.6 Å². The molecule has 0 bridgehead atoms. The highest BCUT2D eigenvalue weighted by Gasteiger charge is 2.29. The van der Waals surface area contributed by atoms with Crippen LogP contribution in [0.3, 0.4) is 0 Å². The van der Waals surface area contributed by atoms with Gasteiger partial charge in [-0.1, -0.05) is 6.92 Å². The molecule has 5 nitrogen and oxygen atoms in total. The van der Waals surface area contributed by atoms with E-state index < -0.39 is 5.60 Å². The van der Waals surface area contributed by atoms with Crippen molar-refractivity contribution in [1.82, 2.24) is 10.6 Å². The van der Waals surface area contributed by atoms with Crippen molar-refractivity contribution in [3.63, 3.8) is 0 Å². The summed E-state index contributed by atoms with van der Waals surface area (Å²) in [6.07, 6.45) is 1.18. The van der Waals surface area contributed by atoms with Crippen molar-refractivity contribution in [3.8, 4) is 0 Å². The number of carbonyl (C=O) groups is 1. The maximum Gasteiger partial charge on any atom is 0.234 e. The minimum Gasteiger partial charge on any atom is -0.388 e. The van der Waals surface area contributed by atoms with E-state index in [1.165, 1.54) is 0 Å². The first-order valence-corrected chi connectivity index (χ1v) is 5.44. The maximum absolute atomic E-state index is 11.3. The molecule has 1 aliphatic rings. The molecule has 3 N–H and O–H groups in total.